The molecule has 0 saturated heterocycles. The number of fused-ring (bicyclic) bond motifs is 1. The van der Waals surface area contributed by atoms with Crippen LogP contribution in [0.25, 0.3) is 11.0 Å². The SMILES string of the molecule is Cc1cc(C)c2c(N(C)C)nc(C(=O)N[C@H](C)c3ccccn3)nc2n1. The van der Waals surface area contributed by atoms with E-state index >= 15 is 0 Å². The van der Waals surface area contributed by atoms with Gasteiger partial charge in [0.15, 0.2) is 5.65 Å². The van der Waals surface area contributed by atoms with Crippen LogP contribution in [-0.4, -0.2) is 39.9 Å². The third-order valence-corrected chi connectivity index (χ3v) is 4.08. The predicted molar refractivity (Wildman–Crippen MR) is 101 cm³/mol. The first-order chi connectivity index (χ1) is 12.4. The Morgan fingerprint density at radius 2 is 1.92 bits per heavy atom. The van der Waals surface area contributed by atoms with E-state index in [0.29, 0.717) is 11.5 Å². The number of hydrogen-bond donors (Lipinski definition) is 1. The Balaban J connectivity index is 2.00. The van der Waals surface area contributed by atoms with Gasteiger partial charge in [0.2, 0.25) is 5.82 Å². The maximum Gasteiger partial charge on any atom is 0.289 e. The zero-order valence-electron chi connectivity index (χ0n) is 15.6. The average Bonchev–Trinajstić information content (AvgIpc) is 2.60. The molecule has 7 heteroatoms. The molecule has 1 atom stereocenters. The summed E-state index contributed by atoms with van der Waals surface area (Å²) in [5, 5.41) is 3.76. The van der Waals surface area contributed by atoms with Crippen LogP contribution in [0.15, 0.2) is 30.5 Å². The lowest BCUT2D eigenvalue weighted by Crippen LogP contribution is -2.29. The fraction of sp³-hybridized carbons (Fsp3) is 0.316. The van der Waals surface area contributed by atoms with Crippen LogP contribution < -0.4 is 10.2 Å². The second-order valence-electron chi connectivity index (χ2n) is 6.49. The zero-order chi connectivity index (χ0) is 18.8. The molecule has 7 nitrogen and oxygen atoms in total. The van der Waals surface area contributed by atoms with Crippen molar-refractivity contribution in [1.82, 2.24) is 25.3 Å². The van der Waals surface area contributed by atoms with Crippen molar-refractivity contribution in [3.8, 4) is 0 Å². The number of aryl methyl sites for hydroxylation is 2. The monoisotopic (exact) mass is 350 g/mol. The molecular weight excluding hydrogens is 328 g/mol. The normalized spacial score (nSPS) is 12.0. The number of nitrogens with zero attached hydrogens (tertiary/aromatic N) is 5. The van der Waals surface area contributed by atoms with Gasteiger partial charge in [-0.25, -0.2) is 15.0 Å². The Kier molecular flexibility index (Phi) is 4.79. The molecule has 3 rings (SSSR count). The molecule has 3 heterocycles. The van der Waals surface area contributed by atoms with Crippen LogP contribution in [0.3, 0.4) is 0 Å². The molecule has 0 unspecified atom stereocenters. The lowest BCUT2D eigenvalue weighted by atomic mass is 10.1. The molecule has 0 aliphatic carbocycles. The van der Waals surface area contributed by atoms with Crippen molar-refractivity contribution in [2.24, 2.45) is 0 Å². The topological polar surface area (TPSA) is 83.9 Å². The number of pyridine rings is 2. The van der Waals surface area contributed by atoms with Crippen molar-refractivity contribution in [1.29, 1.82) is 0 Å². The quantitative estimate of drug-likeness (QED) is 0.779. The first kappa shape index (κ1) is 17.7. The van der Waals surface area contributed by atoms with E-state index in [2.05, 4.69) is 25.3 Å². The van der Waals surface area contributed by atoms with Crippen molar-refractivity contribution >= 4 is 22.8 Å². The Bertz CT molecular complexity index is 955. The summed E-state index contributed by atoms with van der Waals surface area (Å²) in [6.07, 6.45) is 1.70. The summed E-state index contributed by atoms with van der Waals surface area (Å²) >= 11 is 0. The Hall–Kier alpha value is -3.09. The van der Waals surface area contributed by atoms with Crippen molar-refractivity contribution in [2.45, 2.75) is 26.8 Å². The number of carbonyl (C=O) groups is 1. The highest BCUT2D eigenvalue weighted by Gasteiger charge is 2.19. The molecule has 0 aliphatic heterocycles. The second-order valence-corrected chi connectivity index (χ2v) is 6.49. The van der Waals surface area contributed by atoms with Crippen molar-refractivity contribution in [2.75, 3.05) is 19.0 Å². The number of carbonyl (C=O) groups excluding carboxylic acids is 1. The van der Waals surface area contributed by atoms with E-state index in [-0.39, 0.29) is 17.8 Å². The molecule has 0 fully saturated rings. The summed E-state index contributed by atoms with van der Waals surface area (Å²) in [6.45, 7) is 5.78. The number of nitrogens with one attached hydrogen (secondary N) is 1. The molecule has 3 aromatic heterocycles. The summed E-state index contributed by atoms with van der Waals surface area (Å²) in [5.41, 5.74) is 3.19. The maximum atomic E-state index is 12.7. The van der Waals surface area contributed by atoms with Crippen LogP contribution in [-0.2, 0) is 0 Å². The zero-order valence-corrected chi connectivity index (χ0v) is 15.6. The molecule has 0 aromatic carbocycles. The van der Waals surface area contributed by atoms with Crippen LogP contribution in [0, 0.1) is 13.8 Å². The van der Waals surface area contributed by atoms with E-state index in [9.17, 15) is 4.79 Å². The molecule has 134 valence electrons. The van der Waals surface area contributed by atoms with Gasteiger partial charge in [0.1, 0.15) is 5.82 Å². The maximum absolute atomic E-state index is 12.7. The smallest absolute Gasteiger partial charge is 0.289 e. The van der Waals surface area contributed by atoms with E-state index in [0.717, 1.165) is 22.3 Å². The van der Waals surface area contributed by atoms with Gasteiger partial charge >= 0.3 is 0 Å². The first-order valence-corrected chi connectivity index (χ1v) is 8.42. The largest absolute Gasteiger partial charge is 0.362 e. The van der Waals surface area contributed by atoms with Crippen molar-refractivity contribution in [3.63, 3.8) is 0 Å². The molecule has 26 heavy (non-hydrogen) atoms. The molecule has 0 radical (unpaired) electrons. The van der Waals surface area contributed by atoms with E-state index in [4.69, 9.17) is 0 Å². The third kappa shape index (κ3) is 3.46. The Morgan fingerprint density at radius 1 is 1.15 bits per heavy atom. The Morgan fingerprint density at radius 3 is 2.58 bits per heavy atom. The number of aromatic nitrogens is 4. The second kappa shape index (κ2) is 7.03. The molecule has 0 spiro atoms. The number of anilines is 1. The van der Waals surface area contributed by atoms with Crippen molar-refractivity contribution < 1.29 is 4.79 Å². The average molecular weight is 350 g/mol. The van der Waals surface area contributed by atoms with Gasteiger partial charge in [-0.3, -0.25) is 9.78 Å². The van der Waals surface area contributed by atoms with Gasteiger partial charge in [0.05, 0.1) is 17.1 Å². The highest BCUT2D eigenvalue weighted by molar-refractivity contribution is 5.96. The minimum absolute atomic E-state index is 0.0986. The first-order valence-electron chi connectivity index (χ1n) is 8.42. The third-order valence-electron chi connectivity index (χ3n) is 4.08. The van der Waals surface area contributed by atoms with Crippen molar-refractivity contribution in [3.05, 3.63) is 53.2 Å². The molecule has 0 saturated carbocycles. The summed E-state index contributed by atoms with van der Waals surface area (Å²) in [7, 11) is 3.78. The van der Waals surface area contributed by atoms with E-state index in [1.807, 2.05) is 64.0 Å². The van der Waals surface area contributed by atoms with E-state index in [1.165, 1.54) is 0 Å². The lowest BCUT2D eigenvalue weighted by molar-refractivity contribution is 0.0929. The standard InChI is InChI=1S/C19H22N6O/c1-11-10-12(2)21-16-15(11)18(25(4)5)24-17(23-16)19(26)22-13(3)14-8-6-7-9-20-14/h6-10,13H,1-5H3,(H,22,26)/t13-/m1/s1. The molecule has 0 aliphatic rings. The van der Waals surface area contributed by atoms with Gasteiger partial charge in [-0.15, -0.1) is 0 Å². The number of amides is 1. The predicted octanol–water partition coefficient (Wildman–Crippen LogP) is 2.59. The van der Waals surface area contributed by atoms with Crippen LogP contribution >= 0.6 is 0 Å². The van der Waals surface area contributed by atoms with Gasteiger partial charge in [-0.05, 0) is 44.5 Å². The minimum Gasteiger partial charge on any atom is -0.362 e. The summed E-state index contributed by atoms with van der Waals surface area (Å²) in [4.78, 5) is 32.2. The summed E-state index contributed by atoms with van der Waals surface area (Å²) in [6, 6.07) is 7.33. The van der Waals surface area contributed by atoms with Crippen LogP contribution in [0.1, 0.15) is 40.5 Å². The van der Waals surface area contributed by atoms with Crippen LogP contribution in [0.5, 0.6) is 0 Å². The molecular formula is C19H22N6O. The summed E-state index contributed by atoms with van der Waals surface area (Å²) in [5.74, 6) is 0.422. The lowest BCUT2D eigenvalue weighted by Gasteiger charge is -2.17. The molecule has 1 amide bonds. The number of hydrogen-bond acceptors (Lipinski definition) is 6. The van der Waals surface area contributed by atoms with Crippen LogP contribution in [0.2, 0.25) is 0 Å². The van der Waals surface area contributed by atoms with Gasteiger partial charge in [-0.2, -0.15) is 0 Å². The van der Waals surface area contributed by atoms with Gasteiger partial charge in [0.25, 0.3) is 5.91 Å². The van der Waals surface area contributed by atoms with Gasteiger partial charge in [-0.1, -0.05) is 6.07 Å². The van der Waals surface area contributed by atoms with E-state index in [1.54, 1.807) is 6.20 Å². The minimum atomic E-state index is -0.353. The highest BCUT2D eigenvalue weighted by atomic mass is 16.2. The summed E-state index contributed by atoms with van der Waals surface area (Å²) < 4.78 is 0. The Labute approximate surface area is 152 Å². The van der Waals surface area contributed by atoms with E-state index < -0.39 is 0 Å². The van der Waals surface area contributed by atoms with Gasteiger partial charge < -0.3 is 10.2 Å². The molecule has 1 N–H and O–H groups in total. The fourth-order valence-corrected chi connectivity index (χ4v) is 2.85. The van der Waals surface area contributed by atoms with Gasteiger partial charge in [0, 0.05) is 26.0 Å². The fourth-order valence-electron chi connectivity index (χ4n) is 2.85. The molecule has 0 bridgehead atoms. The molecule has 3 aromatic rings. The number of rotatable bonds is 4. The van der Waals surface area contributed by atoms with Crippen LogP contribution in [0.4, 0.5) is 5.82 Å². The highest BCUT2D eigenvalue weighted by Crippen LogP contribution is 2.25.